The Morgan fingerprint density at radius 3 is 2.67 bits per heavy atom. The van der Waals surface area contributed by atoms with Gasteiger partial charge in [0.05, 0.1) is 5.56 Å². The van der Waals surface area contributed by atoms with Gasteiger partial charge in [-0.2, -0.15) is 21.6 Å². The summed E-state index contributed by atoms with van der Waals surface area (Å²) in [6.45, 7) is 2.48. The number of para-hydroxylation sites is 1. The zero-order chi connectivity index (χ0) is 25.9. The van der Waals surface area contributed by atoms with Crippen molar-refractivity contribution in [3.63, 3.8) is 0 Å². The molecular formula is C22H25F3N4O6S. The van der Waals surface area contributed by atoms with E-state index in [-0.39, 0.29) is 35.7 Å². The quantitative estimate of drug-likeness (QED) is 0.408. The first kappa shape index (κ1) is 25.8. The number of nitrogens with one attached hydrogen (secondary N) is 1. The van der Waals surface area contributed by atoms with Gasteiger partial charge < -0.3 is 24.7 Å². The van der Waals surface area contributed by atoms with E-state index in [1.807, 2.05) is 0 Å². The smallest absolute Gasteiger partial charge is 0.486 e. The summed E-state index contributed by atoms with van der Waals surface area (Å²) >= 11 is 0. The third-order valence-electron chi connectivity index (χ3n) is 5.94. The number of rotatable bonds is 7. The molecule has 1 amide bonds. The molecule has 3 N–H and O–H groups in total. The van der Waals surface area contributed by atoms with Gasteiger partial charge in [0.25, 0.3) is 5.91 Å². The largest absolute Gasteiger partial charge is 0.534 e. The number of likely N-dealkylation sites (tertiary alicyclic amines) is 1. The SMILES string of the molecule is Nc1ncccc1C(=O)NCC1CCN(CC2COc3cccc(OS(=O)(=O)C(F)(F)F)c3O2)CC1. The number of nitrogens with two attached hydrogens (primary N) is 1. The summed E-state index contributed by atoms with van der Waals surface area (Å²) in [5, 5.41) is 2.89. The number of pyridine rings is 1. The highest BCUT2D eigenvalue weighted by molar-refractivity contribution is 7.88. The maximum absolute atomic E-state index is 12.7. The number of piperidine rings is 1. The molecule has 1 aromatic carbocycles. The van der Waals surface area contributed by atoms with Crippen molar-refractivity contribution < 1.29 is 40.0 Å². The van der Waals surface area contributed by atoms with Crippen molar-refractivity contribution in [2.75, 3.05) is 38.5 Å². The standard InChI is InChI=1S/C22H25F3N4O6S/c23-22(24,25)36(31,32)35-18-5-1-4-17-19(18)34-15(13-33-17)12-29-9-6-14(7-10-29)11-28-21(30)16-3-2-8-27-20(16)26/h1-5,8,14-15H,6-7,9-13H2,(H2,26,27)(H,28,30). The number of nitrogens with zero attached hydrogens (tertiary/aromatic N) is 2. The molecule has 0 bridgehead atoms. The van der Waals surface area contributed by atoms with E-state index in [1.165, 1.54) is 18.3 Å². The number of alkyl halides is 3. The second-order valence-corrected chi connectivity index (χ2v) is 10.0. The molecule has 2 aliphatic heterocycles. The molecule has 2 aromatic rings. The van der Waals surface area contributed by atoms with Gasteiger partial charge in [0.2, 0.25) is 5.75 Å². The average Bonchev–Trinajstić information content (AvgIpc) is 2.83. The molecule has 196 valence electrons. The number of carbonyl (C=O) groups excluding carboxylic acids is 1. The summed E-state index contributed by atoms with van der Waals surface area (Å²) in [7, 11) is -5.85. The lowest BCUT2D eigenvalue weighted by atomic mass is 9.96. The summed E-state index contributed by atoms with van der Waals surface area (Å²) < 4.78 is 76.8. The monoisotopic (exact) mass is 530 g/mol. The summed E-state index contributed by atoms with van der Waals surface area (Å²) in [6, 6.07) is 7.10. The van der Waals surface area contributed by atoms with Crippen LogP contribution in [0, 0.1) is 5.92 Å². The molecule has 0 aliphatic carbocycles. The lowest BCUT2D eigenvalue weighted by molar-refractivity contribution is -0.0501. The second kappa shape index (κ2) is 10.4. The van der Waals surface area contributed by atoms with Crippen molar-refractivity contribution >= 4 is 21.8 Å². The second-order valence-electron chi connectivity index (χ2n) is 8.51. The molecule has 3 heterocycles. The Morgan fingerprint density at radius 2 is 1.97 bits per heavy atom. The van der Waals surface area contributed by atoms with Crippen LogP contribution in [0.3, 0.4) is 0 Å². The predicted octanol–water partition coefficient (Wildman–Crippen LogP) is 2.17. The molecule has 14 heteroatoms. The number of nitrogen functional groups attached to an aromatic ring is 1. The molecule has 1 unspecified atom stereocenters. The highest BCUT2D eigenvalue weighted by Crippen LogP contribution is 2.42. The first-order valence-electron chi connectivity index (χ1n) is 11.2. The van der Waals surface area contributed by atoms with Crippen LogP contribution in [0.15, 0.2) is 36.5 Å². The minimum absolute atomic E-state index is 0.102. The minimum Gasteiger partial charge on any atom is -0.486 e. The van der Waals surface area contributed by atoms with Crippen LogP contribution in [-0.2, 0) is 10.1 Å². The molecule has 10 nitrogen and oxygen atoms in total. The summed E-state index contributed by atoms with van der Waals surface area (Å²) in [6.07, 6.45) is 2.59. The third-order valence-corrected chi connectivity index (χ3v) is 6.90. The Bertz CT molecular complexity index is 1200. The molecule has 1 fully saturated rings. The van der Waals surface area contributed by atoms with E-state index in [0.717, 1.165) is 18.9 Å². The molecule has 2 aliphatic rings. The van der Waals surface area contributed by atoms with Gasteiger partial charge in [0.15, 0.2) is 11.5 Å². The minimum atomic E-state index is -5.85. The number of carbonyl (C=O) groups is 1. The topological polar surface area (TPSA) is 133 Å². The first-order valence-corrected chi connectivity index (χ1v) is 12.6. The molecule has 0 saturated carbocycles. The first-order chi connectivity index (χ1) is 17.0. The lowest BCUT2D eigenvalue weighted by Gasteiger charge is -2.36. The Kier molecular flexibility index (Phi) is 7.45. The zero-order valence-electron chi connectivity index (χ0n) is 19.0. The Labute approximate surface area is 205 Å². The summed E-state index contributed by atoms with van der Waals surface area (Å²) in [5.74, 6) is -0.512. The van der Waals surface area contributed by atoms with Gasteiger partial charge in [-0.25, -0.2) is 4.98 Å². The van der Waals surface area contributed by atoms with Crippen molar-refractivity contribution in [1.29, 1.82) is 0 Å². The number of amides is 1. The van der Waals surface area contributed by atoms with E-state index in [1.54, 1.807) is 12.1 Å². The molecule has 0 radical (unpaired) electrons. The van der Waals surface area contributed by atoms with Crippen molar-refractivity contribution in [3.05, 3.63) is 42.1 Å². The summed E-state index contributed by atoms with van der Waals surface area (Å²) in [4.78, 5) is 18.3. The molecule has 1 atom stereocenters. The van der Waals surface area contributed by atoms with E-state index >= 15 is 0 Å². The predicted molar refractivity (Wildman–Crippen MR) is 122 cm³/mol. The molecule has 36 heavy (non-hydrogen) atoms. The van der Waals surface area contributed by atoms with Crippen LogP contribution in [0.2, 0.25) is 0 Å². The highest BCUT2D eigenvalue weighted by atomic mass is 32.2. The van der Waals surface area contributed by atoms with Crippen LogP contribution in [-0.4, -0.2) is 68.6 Å². The van der Waals surface area contributed by atoms with Crippen LogP contribution in [0.4, 0.5) is 19.0 Å². The van der Waals surface area contributed by atoms with E-state index < -0.39 is 27.5 Å². The van der Waals surface area contributed by atoms with Gasteiger partial charge in [-0.3, -0.25) is 9.69 Å². The highest BCUT2D eigenvalue weighted by Gasteiger charge is 2.49. The van der Waals surface area contributed by atoms with Gasteiger partial charge in [-0.05, 0) is 56.1 Å². The van der Waals surface area contributed by atoms with Gasteiger partial charge in [-0.15, -0.1) is 0 Å². The number of fused-ring (bicyclic) bond motifs is 1. The Morgan fingerprint density at radius 1 is 1.22 bits per heavy atom. The number of hydrogen-bond donors (Lipinski definition) is 2. The van der Waals surface area contributed by atoms with E-state index in [2.05, 4.69) is 19.4 Å². The van der Waals surface area contributed by atoms with Crippen LogP contribution >= 0.6 is 0 Å². The molecular weight excluding hydrogens is 505 g/mol. The summed E-state index contributed by atoms with van der Waals surface area (Å²) in [5.41, 5.74) is 0.497. The average molecular weight is 531 g/mol. The van der Waals surface area contributed by atoms with Gasteiger partial charge >= 0.3 is 15.6 Å². The number of benzene rings is 1. The fourth-order valence-electron chi connectivity index (χ4n) is 4.03. The number of anilines is 1. The fraction of sp³-hybridized carbons (Fsp3) is 0.455. The van der Waals surface area contributed by atoms with Gasteiger partial charge in [0, 0.05) is 19.3 Å². The third kappa shape index (κ3) is 5.93. The van der Waals surface area contributed by atoms with E-state index in [0.29, 0.717) is 31.7 Å². The number of aromatic nitrogens is 1. The van der Waals surface area contributed by atoms with E-state index in [9.17, 15) is 26.4 Å². The van der Waals surface area contributed by atoms with Crippen LogP contribution < -0.4 is 24.7 Å². The Hall–Kier alpha value is -3.26. The van der Waals surface area contributed by atoms with Crippen LogP contribution in [0.1, 0.15) is 23.2 Å². The number of halogens is 3. The van der Waals surface area contributed by atoms with Crippen molar-refractivity contribution in [2.24, 2.45) is 5.92 Å². The van der Waals surface area contributed by atoms with Crippen molar-refractivity contribution in [3.8, 4) is 17.2 Å². The maximum Gasteiger partial charge on any atom is 0.534 e. The molecule has 1 saturated heterocycles. The van der Waals surface area contributed by atoms with Crippen LogP contribution in [0.5, 0.6) is 17.2 Å². The molecule has 0 spiro atoms. The maximum atomic E-state index is 12.7. The number of ether oxygens (including phenoxy) is 2. The number of hydrogen-bond acceptors (Lipinski definition) is 9. The van der Waals surface area contributed by atoms with Crippen molar-refractivity contribution in [2.45, 2.75) is 24.5 Å². The van der Waals surface area contributed by atoms with E-state index in [4.69, 9.17) is 15.2 Å². The molecule has 1 aromatic heterocycles. The fourth-order valence-corrected chi connectivity index (χ4v) is 4.49. The van der Waals surface area contributed by atoms with Gasteiger partial charge in [0.1, 0.15) is 18.5 Å². The zero-order valence-corrected chi connectivity index (χ0v) is 19.8. The Balaban J connectivity index is 1.28. The normalized spacial score (nSPS) is 19.0. The van der Waals surface area contributed by atoms with Crippen LogP contribution in [0.25, 0.3) is 0 Å². The van der Waals surface area contributed by atoms with Crippen molar-refractivity contribution in [1.82, 2.24) is 15.2 Å². The lowest BCUT2D eigenvalue weighted by Crippen LogP contribution is -2.45. The van der Waals surface area contributed by atoms with Gasteiger partial charge in [-0.1, -0.05) is 6.07 Å². The molecule has 4 rings (SSSR count).